The fourth-order valence-electron chi connectivity index (χ4n) is 10.1. The highest BCUT2D eigenvalue weighted by molar-refractivity contribution is 7.90. The predicted octanol–water partition coefficient (Wildman–Crippen LogP) is 6.45. The maximum Gasteiger partial charge on any atom is 0.306 e. The zero-order valence-electron chi connectivity index (χ0n) is 33.4. The largest absolute Gasteiger partial charge is 0.471 e. The van der Waals surface area contributed by atoms with Crippen molar-refractivity contribution < 1.29 is 45.9 Å². The van der Waals surface area contributed by atoms with E-state index in [9.17, 15) is 36.4 Å². The first-order chi connectivity index (χ1) is 27.4. The second-order valence-corrected chi connectivity index (χ2v) is 21.4. The number of nitrogens with zero attached hydrogens (tertiary/aromatic N) is 3. The number of alkyl halides is 2. The van der Waals surface area contributed by atoms with Gasteiger partial charge < -0.3 is 14.4 Å². The molecule has 6 aliphatic rings. The number of nitrogens with one attached hydrogen (secondary N) is 1. The number of carbonyl (C=O) groups is 4. The molecule has 1 saturated heterocycles. The molecule has 4 aliphatic carbocycles. The first-order valence-corrected chi connectivity index (χ1v) is 22.8. The number of ketones is 1. The molecule has 8 rings (SSSR count). The number of amides is 2. The van der Waals surface area contributed by atoms with E-state index in [1.54, 1.807) is 25.1 Å². The first-order valence-electron chi connectivity index (χ1n) is 20.9. The highest BCUT2D eigenvalue weighted by atomic mass is 35.5. The number of esters is 1. The van der Waals surface area contributed by atoms with Gasteiger partial charge in [0.2, 0.25) is 34.1 Å². The summed E-state index contributed by atoms with van der Waals surface area (Å²) in [4.78, 5) is 68.1. The molecule has 0 spiro atoms. The topological polar surface area (TPSA) is 162 Å². The Balaban J connectivity index is 1.15. The van der Waals surface area contributed by atoms with Gasteiger partial charge in [0.15, 0.2) is 5.78 Å². The molecule has 5 fully saturated rings. The van der Waals surface area contributed by atoms with Crippen molar-refractivity contribution in [3.63, 3.8) is 0 Å². The number of halogens is 3. The smallest absolute Gasteiger partial charge is 0.306 e. The Morgan fingerprint density at radius 1 is 1.02 bits per heavy atom. The van der Waals surface area contributed by atoms with E-state index in [2.05, 4.69) is 0 Å². The molecule has 16 heteroatoms. The second-order valence-electron chi connectivity index (χ2n) is 19.0. The summed E-state index contributed by atoms with van der Waals surface area (Å²) in [7, 11) is -4.09. The maximum atomic E-state index is 14.9. The Labute approximate surface area is 343 Å². The number of rotatable bonds is 7. The van der Waals surface area contributed by atoms with Gasteiger partial charge in [0.25, 0.3) is 0 Å². The van der Waals surface area contributed by atoms with Crippen molar-refractivity contribution >= 4 is 56.2 Å². The lowest BCUT2D eigenvalue weighted by molar-refractivity contribution is -0.158. The Hall–Kier alpha value is -3.46. The summed E-state index contributed by atoms with van der Waals surface area (Å²) in [6, 6.07) is 3.95. The summed E-state index contributed by atoms with van der Waals surface area (Å²) in [5, 5.41) is -0.323. The molecule has 12 nitrogen and oxygen atoms in total. The lowest BCUT2D eigenvalue weighted by atomic mass is 9.77. The molecule has 316 valence electrons. The quantitative estimate of drug-likeness (QED) is 0.307. The van der Waals surface area contributed by atoms with Crippen molar-refractivity contribution in [2.75, 3.05) is 6.54 Å². The Morgan fingerprint density at radius 3 is 2.47 bits per heavy atom. The monoisotopic (exact) mass is 846 g/mol. The van der Waals surface area contributed by atoms with Crippen LogP contribution in [-0.4, -0.2) is 83.3 Å². The van der Waals surface area contributed by atoms with E-state index in [0.29, 0.717) is 52.8 Å². The van der Waals surface area contributed by atoms with E-state index < -0.39 is 92.4 Å². The lowest BCUT2D eigenvalue weighted by Crippen LogP contribution is -2.50. The number of ether oxygens (including phenoxy) is 2. The average Bonchev–Trinajstić information content (AvgIpc) is 4.06. The number of hydrogen-bond donors (Lipinski definition) is 1. The van der Waals surface area contributed by atoms with Gasteiger partial charge in [-0.15, -0.1) is 0 Å². The second kappa shape index (κ2) is 15.2. The zero-order valence-corrected chi connectivity index (χ0v) is 35.0. The van der Waals surface area contributed by atoms with Crippen LogP contribution in [0.25, 0.3) is 11.0 Å². The highest BCUT2D eigenvalue weighted by Crippen LogP contribution is 2.60. The number of fused-ring (bicyclic) bond motifs is 7. The summed E-state index contributed by atoms with van der Waals surface area (Å²) < 4.78 is 69.0. The number of aromatic nitrogens is 2. The van der Waals surface area contributed by atoms with Gasteiger partial charge in [0, 0.05) is 23.3 Å². The van der Waals surface area contributed by atoms with Gasteiger partial charge in [0.1, 0.15) is 17.9 Å². The molecule has 1 aromatic carbocycles. The van der Waals surface area contributed by atoms with Crippen LogP contribution in [0.5, 0.6) is 5.88 Å². The van der Waals surface area contributed by atoms with Crippen LogP contribution in [0.1, 0.15) is 104 Å². The molecular weight excluding hydrogens is 794 g/mol. The summed E-state index contributed by atoms with van der Waals surface area (Å²) in [5.74, 6) is -4.40. The number of sulfonamides is 1. The zero-order chi connectivity index (χ0) is 41.5. The molecule has 2 amide bonds. The lowest BCUT2D eigenvalue weighted by Gasteiger charge is -2.35. The van der Waals surface area contributed by atoms with Gasteiger partial charge >= 0.3 is 5.97 Å². The number of benzene rings is 1. The average molecular weight is 847 g/mol. The molecule has 1 aromatic heterocycles. The summed E-state index contributed by atoms with van der Waals surface area (Å²) in [6.45, 7) is 7.14. The fourth-order valence-corrected chi connectivity index (χ4v) is 11.7. The predicted molar refractivity (Wildman–Crippen MR) is 209 cm³/mol. The molecule has 2 aromatic rings. The van der Waals surface area contributed by atoms with E-state index in [1.807, 2.05) is 25.5 Å². The standard InChI is InChI=1S/C42H53ClF2N4O8S/c1-21-34-20-49(36(21)32(50)19-42(18-28(42)37(44)45)40(53)48-58(54,55)24-11-12-24)39(52)27(41(2,3)4)17-35(51)56-33-15-22-14-26(22)25(33)8-6-5-7-9-30-38(57-34)47-31-16-23(43)10-13-29(31)46-30/h10,13,16,21-22,24-28,33-34,36-37H,5-9,11-12,14-15,17-20H2,1-4H3,(H,48,53)/t21-,22+,25-,26+,27-,28+,33-,34+,36+,42-/m1/s1. The van der Waals surface area contributed by atoms with Gasteiger partial charge in [-0.25, -0.2) is 27.2 Å². The molecule has 2 bridgehead atoms. The fraction of sp³-hybridized carbons (Fsp3) is 0.714. The van der Waals surface area contributed by atoms with E-state index in [0.717, 1.165) is 38.5 Å². The SMILES string of the molecule is C[C@@H]1[C@@H]2CN(C(=O)[C@H](C(C)(C)C)CC(=O)O[C@@H]3C[C@@H]4C[C@@H]4[C@H]3CCCCCc3nc4ccc(Cl)cc4nc3O2)[C@@H]1C(=O)C[C@]1(C(=O)NS(=O)(=O)C2CC2)C[C@H]1C(F)F. The molecule has 10 atom stereocenters. The van der Waals surface area contributed by atoms with Gasteiger partial charge in [-0.05, 0) is 92.7 Å². The van der Waals surface area contributed by atoms with Crippen molar-refractivity contribution in [1.29, 1.82) is 0 Å². The summed E-state index contributed by atoms with van der Waals surface area (Å²) in [5.41, 5.74) is -0.988. The van der Waals surface area contributed by atoms with E-state index in [4.69, 9.17) is 31.0 Å². The van der Waals surface area contributed by atoms with Gasteiger partial charge in [-0.1, -0.05) is 52.1 Å². The third-order valence-electron chi connectivity index (χ3n) is 13.9. The van der Waals surface area contributed by atoms with Crippen LogP contribution in [0.15, 0.2) is 18.2 Å². The number of aryl methyl sites for hydroxylation is 1. The Kier molecular flexibility index (Phi) is 10.8. The molecule has 0 unspecified atom stereocenters. The van der Waals surface area contributed by atoms with Crippen molar-refractivity contribution in [3.8, 4) is 5.88 Å². The number of carbonyl (C=O) groups excluding carboxylic acids is 4. The van der Waals surface area contributed by atoms with Gasteiger partial charge in [0.05, 0.1) is 46.6 Å². The van der Waals surface area contributed by atoms with Crippen molar-refractivity contribution in [2.45, 2.75) is 135 Å². The molecular formula is C42H53ClF2N4O8S. The minimum atomic E-state index is -4.09. The normalized spacial score (nSPS) is 34.3. The third kappa shape index (κ3) is 8.07. The van der Waals surface area contributed by atoms with Crippen LogP contribution in [-0.2, 0) is 40.4 Å². The molecule has 0 radical (unpaired) electrons. The molecule has 58 heavy (non-hydrogen) atoms. The molecule has 2 aliphatic heterocycles. The van der Waals surface area contributed by atoms with Crippen LogP contribution in [0.4, 0.5) is 8.78 Å². The summed E-state index contributed by atoms with van der Waals surface area (Å²) in [6.07, 6.45) is 1.46. The van der Waals surface area contributed by atoms with Gasteiger partial charge in [-0.3, -0.25) is 23.9 Å². The van der Waals surface area contributed by atoms with Crippen LogP contribution >= 0.6 is 11.6 Å². The Bertz CT molecular complexity index is 2110. The molecule has 3 heterocycles. The van der Waals surface area contributed by atoms with Crippen molar-refractivity contribution in [3.05, 3.63) is 28.9 Å². The van der Waals surface area contributed by atoms with Crippen molar-refractivity contribution in [1.82, 2.24) is 19.6 Å². The van der Waals surface area contributed by atoms with Crippen LogP contribution < -0.4 is 9.46 Å². The third-order valence-corrected chi connectivity index (χ3v) is 16.0. The number of Topliss-reactive ketones (excluding diaryl/α,β-unsaturated/α-hetero) is 1. The van der Waals surface area contributed by atoms with E-state index >= 15 is 0 Å². The van der Waals surface area contributed by atoms with Crippen LogP contribution in [0.2, 0.25) is 5.02 Å². The Morgan fingerprint density at radius 2 is 1.78 bits per heavy atom. The van der Waals surface area contributed by atoms with Crippen LogP contribution in [0, 0.1) is 46.3 Å². The van der Waals surface area contributed by atoms with Crippen LogP contribution in [0.3, 0.4) is 0 Å². The minimum Gasteiger partial charge on any atom is -0.471 e. The molecule has 4 saturated carbocycles. The van der Waals surface area contributed by atoms with E-state index in [-0.39, 0.29) is 37.3 Å². The molecule has 1 N–H and O–H groups in total. The van der Waals surface area contributed by atoms with Gasteiger partial charge in [-0.2, -0.15) is 0 Å². The maximum absolute atomic E-state index is 14.9. The minimum absolute atomic E-state index is 0.103. The highest BCUT2D eigenvalue weighted by Gasteiger charge is 2.66. The van der Waals surface area contributed by atoms with E-state index in [1.165, 1.54) is 4.90 Å². The summed E-state index contributed by atoms with van der Waals surface area (Å²) >= 11 is 6.33. The first kappa shape index (κ1) is 41.3. The van der Waals surface area contributed by atoms with Crippen molar-refractivity contribution in [2.24, 2.45) is 46.3 Å². The number of hydrogen-bond acceptors (Lipinski definition) is 10.